The van der Waals surface area contributed by atoms with E-state index in [4.69, 9.17) is 21.1 Å². The zero-order chi connectivity index (χ0) is 15.4. The smallest absolute Gasteiger partial charge is 0.122 e. The number of methoxy groups -OCH3 is 1. The minimum Gasteiger partial charge on any atom is -0.489 e. The van der Waals surface area contributed by atoms with Gasteiger partial charge in [-0.2, -0.15) is 0 Å². The van der Waals surface area contributed by atoms with E-state index < -0.39 is 0 Å². The molecule has 1 heterocycles. The summed E-state index contributed by atoms with van der Waals surface area (Å²) in [5, 5.41) is 1.79. The molecular weight excluding hydrogens is 298 g/mol. The van der Waals surface area contributed by atoms with Crippen molar-refractivity contribution in [2.24, 2.45) is 0 Å². The van der Waals surface area contributed by atoms with Crippen LogP contribution in [0.4, 0.5) is 0 Å². The van der Waals surface area contributed by atoms with Crippen molar-refractivity contribution in [3.63, 3.8) is 0 Å². The first kappa shape index (κ1) is 14.8. The topological polar surface area (TPSA) is 31.4 Å². The van der Waals surface area contributed by atoms with E-state index in [-0.39, 0.29) is 0 Å². The van der Waals surface area contributed by atoms with Gasteiger partial charge in [0.2, 0.25) is 0 Å². The SMILES string of the molecule is COCc1cnc2cc(OCc3cccc(Cl)c3)ccc2c1. The fourth-order valence-electron chi connectivity index (χ4n) is 2.28. The number of rotatable bonds is 5. The number of hydrogen-bond acceptors (Lipinski definition) is 3. The third-order valence-electron chi connectivity index (χ3n) is 3.32. The molecule has 0 unspecified atom stereocenters. The lowest BCUT2D eigenvalue weighted by Crippen LogP contribution is -1.96. The Labute approximate surface area is 134 Å². The second-order valence-electron chi connectivity index (χ2n) is 5.05. The Morgan fingerprint density at radius 1 is 1.00 bits per heavy atom. The summed E-state index contributed by atoms with van der Waals surface area (Å²) in [4.78, 5) is 4.45. The number of nitrogens with zero attached hydrogens (tertiary/aromatic N) is 1. The predicted octanol–water partition coefficient (Wildman–Crippen LogP) is 4.61. The highest BCUT2D eigenvalue weighted by molar-refractivity contribution is 6.30. The van der Waals surface area contributed by atoms with E-state index in [9.17, 15) is 0 Å². The largest absolute Gasteiger partial charge is 0.489 e. The molecule has 0 aliphatic heterocycles. The Bertz CT molecular complexity index is 789. The summed E-state index contributed by atoms with van der Waals surface area (Å²) in [6, 6.07) is 15.6. The van der Waals surface area contributed by atoms with Crippen LogP contribution < -0.4 is 4.74 Å². The predicted molar refractivity (Wildman–Crippen MR) is 88.2 cm³/mol. The van der Waals surface area contributed by atoms with Gasteiger partial charge in [-0.05, 0) is 41.5 Å². The van der Waals surface area contributed by atoms with Crippen LogP contribution in [0.2, 0.25) is 5.02 Å². The maximum absolute atomic E-state index is 5.97. The van der Waals surface area contributed by atoms with Crippen molar-refractivity contribution >= 4 is 22.5 Å². The molecule has 0 fully saturated rings. The second kappa shape index (κ2) is 6.77. The molecule has 0 aliphatic rings. The lowest BCUT2D eigenvalue weighted by Gasteiger charge is -2.08. The van der Waals surface area contributed by atoms with Crippen LogP contribution in [0.3, 0.4) is 0 Å². The Morgan fingerprint density at radius 3 is 2.73 bits per heavy atom. The van der Waals surface area contributed by atoms with Crippen molar-refractivity contribution in [3.8, 4) is 5.75 Å². The lowest BCUT2D eigenvalue weighted by molar-refractivity contribution is 0.185. The molecule has 4 heteroatoms. The molecule has 0 saturated heterocycles. The van der Waals surface area contributed by atoms with Gasteiger partial charge in [0.1, 0.15) is 12.4 Å². The number of pyridine rings is 1. The molecule has 0 aliphatic carbocycles. The number of halogens is 1. The van der Waals surface area contributed by atoms with E-state index >= 15 is 0 Å². The van der Waals surface area contributed by atoms with Crippen molar-refractivity contribution in [1.29, 1.82) is 0 Å². The summed E-state index contributed by atoms with van der Waals surface area (Å²) in [7, 11) is 1.68. The zero-order valence-electron chi connectivity index (χ0n) is 12.3. The Balaban J connectivity index is 1.76. The van der Waals surface area contributed by atoms with Crippen LogP contribution in [0.1, 0.15) is 11.1 Å². The van der Waals surface area contributed by atoms with Crippen molar-refractivity contribution in [3.05, 3.63) is 70.9 Å². The first-order valence-electron chi connectivity index (χ1n) is 6.99. The minimum absolute atomic E-state index is 0.480. The molecule has 2 aromatic carbocycles. The highest BCUT2D eigenvalue weighted by atomic mass is 35.5. The Kier molecular flexibility index (Phi) is 4.56. The van der Waals surface area contributed by atoms with E-state index in [1.807, 2.05) is 48.7 Å². The van der Waals surface area contributed by atoms with E-state index in [0.29, 0.717) is 18.2 Å². The van der Waals surface area contributed by atoms with Crippen LogP contribution in [0, 0.1) is 0 Å². The standard InChI is InChI=1S/C18H16ClNO2/c1-21-11-14-7-15-5-6-17(9-18(15)20-10-14)22-12-13-3-2-4-16(19)8-13/h2-10H,11-12H2,1H3. The molecule has 0 N–H and O–H groups in total. The van der Waals surface area contributed by atoms with Crippen LogP contribution >= 0.6 is 11.6 Å². The first-order valence-corrected chi connectivity index (χ1v) is 7.37. The summed E-state index contributed by atoms with van der Waals surface area (Å²) in [5.74, 6) is 0.791. The van der Waals surface area contributed by atoms with E-state index in [1.165, 1.54) is 0 Å². The van der Waals surface area contributed by atoms with Gasteiger partial charge in [-0.3, -0.25) is 4.98 Å². The molecule has 112 valence electrons. The molecule has 0 bridgehead atoms. The van der Waals surface area contributed by atoms with Gasteiger partial charge in [-0.25, -0.2) is 0 Å². The van der Waals surface area contributed by atoms with Crippen LogP contribution in [0.5, 0.6) is 5.75 Å². The van der Waals surface area contributed by atoms with E-state index in [0.717, 1.165) is 27.8 Å². The lowest BCUT2D eigenvalue weighted by atomic mass is 10.1. The molecule has 22 heavy (non-hydrogen) atoms. The normalized spacial score (nSPS) is 10.8. The van der Waals surface area contributed by atoms with Gasteiger partial charge < -0.3 is 9.47 Å². The highest BCUT2D eigenvalue weighted by Crippen LogP contribution is 2.21. The van der Waals surface area contributed by atoms with Crippen molar-refractivity contribution in [1.82, 2.24) is 4.98 Å². The number of fused-ring (bicyclic) bond motifs is 1. The van der Waals surface area contributed by atoms with Crippen LogP contribution in [-0.4, -0.2) is 12.1 Å². The summed E-state index contributed by atoms with van der Waals surface area (Å²) < 4.78 is 10.9. The molecule has 0 atom stereocenters. The molecule has 0 saturated carbocycles. The van der Waals surface area contributed by atoms with Gasteiger partial charge in [0.25, 0.3) is 0 Å². The van der Waals surface area contributed by atoms with Crippen molar-refractivity contribution in [2.45, 2.75) is 13.2 Å². The van der Waals surface area contributed by atoms with Gasteiger partial charge in [0.05, 0.1) is 12.1 Å². The quantitative estimate of drug-likeness (QED) is 0.689. The van der Waals surface area contributed by atoms with Gasteiger partial charge in [-0.15, -0.1) is 0 Å². The van der Waals surface area contributed by atoms with Crippen LogP contribution in [-0.2, 0) is 18.0 Å². The second-order valence-corrected chi connectivity index (χ2v) is 5.49. The van der Waals surface area contributed by atoms with E-state index in [1.54, 1.807) is 7.11 Å². The monoisotopic (exact) mass is 313 g/mol. The molecular formula is C18H16ClNO2. The molecule has 0 spiro atoms. The first-order chi connectivity index (χ1) is 10.7. The molecule has 3 nitrogen and oxygen atoms in total. The van der Waals surface area contributed by atoms with Crippen LogP contribution in [0.25, 0.3) is 10.9 Å². The molecule has 3 rings (SSSR count). The third-order valence-corrected chi connectivity index (χ3v) is 3.55. The Hall–Kier alpha value is -2.10. The minimum atomic E-state index is 0.480. The van der Waals surface area contributed by atoms with Gasteiger partial charge in [0.15, 0.2) is 0 Å². The fourth-order valence-corrected chi connectivity index (χ4v) is 2.49. The maximum atomic E-state index is 5.97. The average molecular weight is 314 g/mol. The number of aromatic nitrogens is 1. The van der Waals surface area contributed by atoms with Gasteiger partial charge in [0, 0.05) is 29.8 Å². The van der Waals surface area contributed by atoms with Crippen molar-refractivity contribution < 1.29 is 9.47 Å². The molecule has 0 amide bonds. The Morgan fingerprint density at radius 2 is 1.91 bits per heavy atom. The highest BCUT2D eigenvalue weighted by Gasteiger charge is 2.02. The summed E-state index contributed by atoms with van der Waals surface area (Å²) in [6.45, 7) is 1.05. The number of benzene rings is 2. The van der Waals surface area contributed by atoms with Gasteiger partial charge >= 0.3 is 0 Å². The maximum Gasteiger partial charge on any atom is 0.122 e. The average Bonchev–Trinajstić information content (AvgIpc) is 2.53. The number of ether oxygens (including phenoxy) is 2. The number of hydrogen-bond donors (Lipinski definition) is 0. The summed E-state index contributed by atoms with van der Waals surface area (Å²) in [6.07, 6.45) is 1.83. The van der Waals surface area contributed by atoms with E-state index in [2.05, 4.69) is 11.1 Å². The third kappa shape index (κ3) is 3.56. The fraction of sp³-hybridized carbons (Fsp3) is 0.167. The van der Waals surface area contributed by atoms with Crippen molar-refractivity contribution in [2.75, 3.05) is 7.11 Å². The molecule has 1 aromatic heterocycles. The molecule has 0 radical (unpaired) electrons. The summed E-state index contributed by atoms with van der Waals surface area (Å²) in [5.41, 5.74) is 3.00. The zero-order valence-corrected chi connectivity index (χ0v) is 13.0. The molecule has 3 aromatic rings. The summed E-state index contributed by atoms with van der Waals surface area (Å²) >= 11 is 5.97. The van der Waals surface area contributed by atoms with Gasteiger partial charge in [-0.1, -0.05) is 23.7 Å². The van der Waals surface area contributed by atoms with Crippen LogP contribution in [0.15, 0.2) is 54.7 Å².